The first-order valence-electron chi connectivity index (χ1n) is 4.91. The third-order valence-electron chi connectivity index (χ3n) is 2.64. The molecule has 0 fully saturated rings. The maximum atomic E-state index is 11.4. The fraction of sp³-hybridized carbons (Fsp3) is 0.250. The van der Waals surface area contributed by atoms with Crippen molar-refractivity contribution in [2.24, 2.45) is 0 Å². The zero-order valence-electron chi connectivity index (χ0n) is 9.35. The predicted molar refractivity (Wildman–Crippen MR) is 68.3 cm³/mol. The third kappa shape index (κ3) is 1.63. The number of H-pyrrole nitrogens is 1. The summed E-state index contributed by atoms with van der Waals surface area (Å²) in [5.41, 5.74) is 2.71. The molecule has 16 heavy (non-hydrogen) atoms. The minimum absolute atomic E-state index is 0.0785. The first-order chi connectivity index (χ1) is 7.54. The highest BCUT2D eigenvalue weighted by Crippen LogP contribution is 2.35. The fourth-order valence-corrected chi connectivity index (χ4v) is 2.66. The number of nitrogens with one attached hydrogen (secondary N) is 1. The molecule has 0 aliphatic heterocycles. The van der Waals surface area contributed by atoms with Gasteiger partial charge in [-0.1, -0.05) is 0 Å². The molecular formula is C12H12BrNO2. The molecule has 0 saturated carbocycles. The number of aromatic nitrogens is 1. The van der Waals surface area contributed by atoms with E-state index >= 15 is 0 Å². The molecule has 0 saturated heterocycles. The summed E-state index contributed by atoms with van der Waals surface area (Å²) in [6.07, 6.45) is 0. The number of aromatic amines is 1. The molecule has 1 aromatic heterocycles. The van der Waals surface area contributed by atoms with Crippen molar-refractivity contribution >= 4 is 26.8 Å². The molecule has 0 unspecified atom stereocenters. The molecule has 4 heteroatoms. The second-order valence-corrected chi connectivity index (χ2v) is 4.57. The van der Waals surface area contributed by atoms with Gasteiger partial charge in [0.2, 0.25) is 5.56 Å². The molecular weight excluding hydrogens is 270 g/mol. The Labute approximate surface area is 102 Å². The van der Waals surface area contributed by atoms with Crippen molar-refractivity contribution in [2.75, 3.05) is 7.11 Å². The van der Waals surface area contributed by atoms with Crippen molar-refractivity contribution in [3.63, 3.8) is 0 Å². The largest absolute Gasteiger partial charge is 0.496 e. The highest BCUT2D eigenvalue weighted by atomic mass is 79.9. The molecule has 0 amide bonds. The summed E-state index contributed by atoms with van der Waals surface area (Å²) in [6.45, 7) is 3.87. The summed E-state index contributed by atoms with van der Waals surface area (Å²) >= 11 is 3.50. The smallest absolute Gasteiger partial charge is 0.248 e. The molecule has 0 aliphatic rings. The number of fused-ring (bicyclic) bond motifs is 1. The van der Waals surface area contributed by atoms with Crippen LogP contribution in [0.3, 0.4) is 0 Å². The van der Waals surface area contributed by atoms with E-state index in [1.165, 1.54) is 0 Å². The lowest BCUT2D eigenvalue weighted by Crippen LogP contribution is -2.06. The van der Waals surface area contributed by atoms with Crippen LogP contribution in [0, 0.1) is 13.8 Å². The second-order valence-electron chi connectivity index (χ2n) is 3.78. The number of aryl methyl sites for hydroxylation is 2. The van der Waals surface area contributed by atoms with Gasteiger partial charge in [0.15, 0.2) is 0 Å². The van der Waals surface area contributed by atoms with E-state index in [1.807, 2.05) is 19.9 Å². The number of ether oxygens (including phenoxy) is 1. The van der Waals surface area contributed by atoms with Crippen LogP contribution in [0.4, 0.5) is 0 Å². The molecule has 0 aliphatic carbocycles. The van der Waals surface area contributed by atoms with Gasteiger partial charge in [-0.2, -0.15) is 0 Å². The van der Waals surface area contributed by atoms with Crippen LogP contribution >= 0.6 is 15.9 Å². The number of rotatable bonds is 1. The first kappa shape index (κ1) is 11.2. The van der Waals surface area contributed by atoms with E-state index in [4.69, 9.17) is 4.74 Å². The lowest BCUT2D eigenvalue weighted by Gasteiger charge is -2.11. The Bertz CT molecular complexity index is 616. The molecule has 1 N–H and O–H groups in total. The van der Waals surface area contributed by atoms with Crippen molar-refractivity contribution in [2.45, 2.75) is 13.8 Å². The molecule has 1 aromatic carbocycles. The number of pyridine rings is 1. The third-order valence-corrected chi connectivity index (χ3v) is 3.43. The summed E-state index contributed by atoms with van der Waals surface area (Å²) < 4.78 is 6.16. The zero-order chi connectivity index (χ0) is 11.9. The van der Waals surface area contributed by atoms with Gasteiger partial charge in [-0.3, -0.25) is 4.79 Å². The van der Waals surface area contributed by atoms with Crippen molar-refractivity contribution < 1.29 is 4.74 Å². The average Bonchev–Trinajstić information content (AvgIpc) is 2.22. The standard InChI is InChI=1S/C12H12BrNO2/c1-6-5-9(15)14-12-7(2)4-8(16-3)11(13)10(6)12/h4-5H,1-3H3,(H,14,15). The normalized spacial score (nSPS) is 10.8. The second kappa shape index (κ2) is 3.94. The Kier molecular flexibility index (Phi) is 2.76. The van der Waals surface area contributed by atoms with Gasteiger partial charge in [0, 0.05) is 11.5 Å². The van der Waals surface area contributed by atoms with Crippen LogP contribution in [0.15, 0.2) is 21.4 Å². The minimum atomic E-state index is -0.0785. The van der Waals surface area contributed by atoms with E-state index in [1.54, 1.807) is 13.2 Å². The van der Waals surface area contributed by atoms with Crippen LogP contribution in [-0.2, 0) is 0 Å². The number of benzene rings is 1. The van der Waals surface area contributed by atoms with E-state index in [2.05, 4.69) is 20.9 Å². The monoisotopic (exact) mass is 281 g/mol. The molecule has 1 heterocycles. The molecule has 0 radical (unpaired) electrons. The van der Waals surface area contributed by atoms with E-state index in [9.17, 15) is 4.79 Å². The van der Waals surface area contributed by atoms with Crippen LogP contribution in [-0.4, -0.2) is 12.1 Å². The van der Waals surface area contributed by atoms with Crippen LogP contribution < -0.4 is 10.3 Å². The number of hydrogen-bond acceptors (Lipinski definition) is 2. The average molecular weight is 282 g/mol. The minimum Gasteiger partial charge on any atom is -0.496 e. The van der Waals surface area contributed by atoms with Crippen LogP contribution in [0.2, 0.25) is 0 Å². The summed E-state index contributed by atoms with van der Waals surface area (Å²) in [5, 5.41) is 0.997. The number of hydrogen-bond donors (Lipinski definition) is 1. The van der Waals surface area contributed by atoms with Gasteiger partial charge in [-0.05, 0) is 47.0 Å². The maximum absolute atomic E-state index is 11.4. The highest BCUT2D eigenvalue weighted by Gasteiger charge is 2.11. The quantitative estimate of drug-likeness (QED) is 0.873. The first-order valence-corrected chi connectivity index (χ1v) is 5.70. The lowest BCUT2D eigenvalue weighted by atomic mass is 10.1. The summed E-state index contributed by atoms with van der Waals surface area (Å²) in [7, 11) is 1.63. The Balaban J connectivity index is 3.01. The molecule has 0 atom stereocenters. The predicted octanol–water partition coefficient (Wildman–Crippen LogP) is 2.92. The van der Waals surface area contributed by atoms with Gasteiger partial charge in [0.05, 0.1) is 17.1 Å². The summed E-state index contributed by atoms with van der Waals surface area (Å²) in [6, 6.07) is 3.49. The molecule has 2 aromatic rings. The molecule has 2 rings (SSSR count). The summed E-state index contributed by atoms with van der Waals surface area (Å²) in [5.74, 6) is 0.778. The van der Waals surface area contributed by atoms with Gasteiger partial charge in [0.25, 0.3) is 0 Å². The molecule has 0 bridgehead atoms. The topological polar surface area (TPSA) is 42.1 Å². The Morgan fingerprint density at radius 2 is 1.94 bits per heavy atom. The number of methoxy groups -OCH3 is 1. The van der Waals surface area contributed by atoms with Gasteiger partial charge in [-0.15, -0.1) is 0 Å². The summed E-state index contributed by atoms with van der Waals surface area (Å²) in [4.78, 5) is 14.3. The fourth-order valence-electron chi connectivity index (χ4n) is 1.87. The van der Waals surface area contributed by atoms with E-state index < -0.39 is 0 Å². The number of halogens is 1. The van der Waals surface area contributed by atoms with Crippen molar-refractivity contribution in [1.29, 1.82) is 0 Å². The Morgan fingerprint density at radius 1 is 1.25 bits per heavy atom. The lowest BCUT2D eigenvalue weighted by molar-refractivity contribution is 0.412. The van der Waals surface area contributed by atoms with Crippen molar-refractivity contribution in [3.05, 3.63) is 38.1 Å². The van der Waals surface area contributed by atoms with E-state index in [0.29, 0.717) is 0 Å². The SMILES string of the molecule is COc1cc(C)c2[nH]c(=O)cc(C)c2c1Br. The van der Waals surface area contributed by atoms with Crippen molar-refractivity contribution in [1.82, 2.24) is 4.98 Å². The molecule has 84 valence electrons. The van der Waals surface area contributed by atoms with E-state index in [-0.39, 0.29) is 5.56 Å². The van der Waals surface area contributed by atoms with E-state index in [0.717, 1.165) is 32.3 Å². The highest BCUT2D eigenvalue weighted by molar-refractivity contribution is 9.10. The van der Waals surface area contributed by atoms with Crippen molar-refractivity contribution in [3.8, 4) is 5.75 Å². The van der Waals surface area contributed by atoms with Crippen LogP contribution in [0.25, 0.3) is 10.9 Å². The zero-order valence-corrected chi connectivity index (χ0v) is 10.9. The molecule has 3 nitrogen and oxygen atoms in total. The Hall–Kier alpha value is -1.29. The Morgan fingerprint density at radius 3 is 2.56 bits per heavy atom. The van der Waals surface area contributed by atoms with Crippen LogP contribution in [0.5, 0.6) is 5.75 Å². The van der Waals surface area contributed by atoms with Crippen LogP contribution in [0.1, 0.15) is 11.1 Å². The maximum Gasteiger partial charge on any atom is 0.248 e. The van der Waals surface area contributed by atoms with Gasteiger partial charge in [0.1, 0.15) is 5.75 Å². The van der Waals surface area contributed by atoms with Gasteiger partial charge >= 0.3 is 0 Å². The van der Waals surface area contributed by atoms with Gasteiger partial charge < -0.3 is 9.72 Å². The van der Waals surface area contributed by atoms with Gasteiger partial charge in [-0.25, -0.2) is 0 Å². The molecule has 0 spiro atoms.